The van der Waals surface area contributed by atoms with Crippen molar-refractivity contribution in [3.05, 3.63) is 34.9 Å². The van der Waals surface area contributed by atoms with E-state index < -0.39 is 0 Å². The molecule has 106 valence electrons. The van der Waals surface area contributed by atoms with Crippen molar-refractivity contribution in [2.45, 2.75) is 52.4 Å². The third-order valence-corrected chi connectivity index (χ3v) is 3.44. The fraction of sp³-hybridized carbons (Fsp3) is 0.562. The Balaban J connectivity index is 2.64. The lowest BCUT2D eigenvalue weighted by atomic mass is 9.85. The standard InChI is InChI=1S/C16H26N2O/c1-12-11-14(16(2,3)4)10-9-13(12)7-6-8-15(19)18(5)17/h9-11H,6-8,17H2,1-5H3. The van der Waals surface area contributed by atoms with Crippen LogP contribution in [0, 0.1) is 6.92 Å². The van der Waals surface area contributed by atoms with E-state index in [0.717, 1.165) is 17.9 Å². The number of hydrogen-bond donors (Lipinski definition) is 1. The predicted molar refractivity (Wildman–Crippen MR) is 79.8 cm³/mol. The first-order valence-electron chi connectivity index (χ1n) is 6.83. The summed E-state index contributed by atoms with van der Waals surface area (Å²) in [6.45, 7) is 8.80. The number of carbonyl (C=O) groups excluding carboxylic acids is 1. The molecule has 0 aliphatic heterocycles. The quantitative estimate of drug-likeness (QED) is 0.515. The third kappa shape index (κ3) is 4.67. The second kappa shape index (κ2) is 6.20. The summed E-state index contributed by atoms with van der Waals surface area (Å²) in [5, 5.41) is 1.16. The van der Waals surface area contributed by atoms with Crippen molar-refractivity contribution in [2.24, 2.45) is 5.84 Å². The molecule has 0 aromatic heterocycles. The van der Waals surface area contributed by atoms with Crippen LogP contribution in [0.1, 0.15) is 50.3 Å². The number of nitrogens with two attached hydrogens (primary N) is 1. The normalized spacial score (nSPS) is 11.5. The Bertz CT molecular complexity index is 445. The topological polar surface area (TPSA) is 46.3 Å². The summed E-state index contributed by atoms with van der Waals surface area (Å²) in [4.78, 5) is 11.4. The predicted octanol–water partition coefficient (Wildman–Crippen LogP) is 2.95. The maximum atomic E-state index is 11.4. The molecule has 0 atom stereocenters. The molecule has 0 bridgehead atoms. The Morgan fingerprint density at radius 1 is 1.32 bits per heavy atom. The molecule has 3 nitrogen and oxygen atoms in total. The van der Waals surface area contributed by atoms with Crippen LogP contribution in [-0.4, -0.2) is 18.0 Å². The van der Waals surface area contributed by atoms with Gasteiger partial charge in [0.2, 0.25) is 5.91 Å². The molecule has 1 rings (SSSR count). The van der Waals surface area contributed by atoms with E-state index in [-0.39, 0.29) is 11.3 Å². The summed E-state index contributed by atoms with van der Waals surface area (Å²) in [5.41, 5.74) is 4.16. The molecule has 0 saturated carbocycles. The Labute approximate surface area is 116 Å². The van der Waals surface area contributed by atoms with Crippen LogP contribution in [0.2, 0.25) is 0 Å². The van der Waals surface area contributed by atoms with Crippen LogP contribution >= 0.6 is 0 Å². The van der Waals surface area contributed by atoms with Gasteiger partial charge in [0, 0.05) is 13.5 Å². The average Bonchev–Trinajstić information content (AvgIpc) is 2.29. The molecule has 1 amide bonds. The minimum absolute atomic E-state index is 0.0102. The zero-order chi connectivity index (χ0) is 14.6. The first kappa shape index (κ1) is 15.7. The number of aryl methyl sites for hydroxylation is 2. The van der Waals surface area contributed by atoms with Crippen LogP contribution in [0.3, 0.4) is 0 Å². The molecule has 0 aliphatic rings. The van der Waals surface area contributed by atoms with Crippen LogP contribution in [0.25, 0.3) is 0 Å². The Morgan fingerprint density at radius 3 is 2.42 bits per heavy atom. The maximum absolute atomic E-state index is 11.4. The van der Waals surface area contributed by atoms with E-state index in [1.54, 1.807) is 7.05 Å². The van der Waals surface area contributed by atoms with Crippen molar-refractivity contribution in [3.63, 3.8) is 0 Å². The molecule has 0 unspecified atom stereocenters. The SMILES string of the molecule is Cc1cc(C(C)(C)C)ccc1CCCC(=O)N(C)N. The minimum Gasteiger partial charge on any atom is -0.284 e. The number of nitrogens with zero attached hydrogens (tertiary/aromatic N) is 1. The van der Waals surface area contributed by atoms with Gasteiger partial charge in [0.1, 0.15) is 0 Å². The molecular weight excluding hydrogens is 236 g/mol. The Morgan fingerprint density at radius 2 is 1.95 bits per heavy atom. The molecule has 19 heavy (non-hydrogen) atoms. The van der Waals surface area contributed by atoms with E-state index in [2.05, 4.69) is 45.9 Å². The molecule has 3 heteroatoms. The number of carbonyl (C=O) groups is 1. The van der Waals surface area contributed by atoms with Crippen molar-refractivity contribution in [2.75, 3.05) is 7.05 Å². The fourth-order valence-electron chi connectivity index (χ4n) is 2.05. The summed E-state index contributed by atoms with van der Waals surface area (Å²) >= 11 is 0. The second-order valence-corrected chi connectivity index (χ2v) is 6.25. The van der Waals surface area contributed by atoms with Gasteiger partial charge in [-0.3, -0.25) is 9.80 Å². The van der Waals surface area contributed by atoms with Crippen molar-refractivity contribution >= 4 is 5.91 Å². The van der Waals surface area contributed by atoms with Crippen LogP contribution in [0.4, 0.5) is 0 Å². The summed E-state index contributed by atoms with van der Waals surface area (Å²) < 4.78 is 0. The van der Waals surface area contributed by atoms with Crippen LogP contribution in [-0.2, 0) is 16.6 Å². The molecule has 0 spiro atoms. The van der Waals surface area contributed by atoms with E-state index >= 15 is 0 Å². The van der Waals surface area contributed by atoms with Gasteiger partial charge in [0.25, 0.3) is 0 Å². The van der Waals surface area contributed by atoms with Crippen molar-refractivity contribution in [3.8, 4) is 0 Å². The van der Waals surface area contributed by atoms with Crippen molar-refractivity contribution in [1.29, 1.82) is 0 Å². The molecular formula is C16H26N2O. The lowest BCUT2D eigenvalue weighted by Gasteiger charge is -2.20. The highest BCUT2D eigenvalue weighted by molar-refractivity contribution is 5.75. The summed E-state index contributed by atoms with van der Waals surface area (Å²) in [6, 6.07) is 6.64. The van der Waals surface area contributed by atoms with Gasteiger partial charge in [-0.25, -0.2) is 5.84 Å². The van der Waals surface area contributed by atoms with Gasteiger partial charge in [0.15, 0.2) is 0 Å². The van der Waals surface area contributed by atoms with Crippen LogP contribution < -0.4 is 5.84 Å². The summed E-state index contributed by atoms with van der Waals surface area (Å²) in [7, 11) is 1.59. The lowest BCUT2D eigenvalue weighted by molar-refractivity contribution is -0.130. The highest BCUT2D eigenvalue weighted by Gasteiger charge is 2.14. The Hall–Kier alpha value is -1.35. The fourth-order valence-corrected chi connectivity index (χ4v) is 2.05. The van der Waals surface area contributed by atoms with Gasteiger partial charge in [-0.2, -0.15) is 0 Å². The van der Waals surface area contributed by atoms with Gasteiger partial charge in [-0.15, -0.1) is 0 Å². The minimum atomic E-state index is -0.0102. The first-order valence-corrected chi connectivity index (χ1v) is 6.83. The van der Waals surface area contributed by atoms with E-state index in [1.165, 1.54) is 16.7 Å². The Kier molecular flexibility index (Phi) is 5.12. The van der Waals surface area contributed by atoms with E-state index in [4.69, 9.17) is 5.84 Å². The van der Waals surface area contributed by atoms with Crippen molar-refractivity contribution < 1.29 is 4.79 Å². The molecule has 1 aromatic rings. The number of benzene rings is 1. The maximum Gasteiger partial charge on any atom is 0.236 e. The number of amides is 1. The molecule has 0 radical (unpaired) electrons. The summed E-state index contributed by atoms with van der Waals surface area (Å²) in [5.74, 6) is 5.39. The highest BCUT2D eigenvalue weighted by atomic mass is 16.2. The van der Waals surface area contributed by atoms with Gasteiger partial charge in [-0.05, 0) is 41.9 Å². The van der Waals surface area contributed by atoms with Gasteiger partial charge >= 0.3 is 0 Å². The first-order chi connectivity index (χ1) is 8.71. The van der Waals surface area contributed by atoms with Crippen molar-refractivity contribution in [1.82, 2.24) is 5.01 Å². The smallest absolute Gasteiger partial charge is 0.236 e. The monoisotopic (exact) mass is 262 g/mol. The molecule has 0 fully saturated rings. The largest absolute Gasteiger partial charge is 0.284 e. The zero-order valence-electron chi connectivity index (χ0n) is 12.8. The second-order valence-electron chi connectivity index (χ2n) is 6.25. The average molecular weight is 262 g/mol. The van der Waals surface area contributed by atoms with Crippen LogP contribution in [0.15, 0.2) is 18.2 Å². The highest BCUT2D eigenvalue weighted by Crippen LogP contribution is 2.24. The van der Waals surface area contributed by atoms with Gasteiger partial charge < -0.3 is 0 Å². The van der Waals surface area contributed by atoms with E-state index in [0.29, 0.717) is 6.42 Å². The third-order valence-electron chi connectivity index (χ3n) is 3.44. The van der Waals surface area contributed by atoms with E-state index in [9.17, 15) is 4.79 Å². The zero-order valence-corrected chi connectivity index (χ0v) is 12.8. The lowest BCUT2D eigenvalue weighted by Crippen LogP contribution is -2.32. The number of hydrazine groups is 1. The molecule has 0 heterocycles. The van der Waals surface area contributed by atoms with Gasteiger partial charge in [-0.1, -0.05) is 39.0 Å². The molecule has 2 N–H and O–H groups in total. The molecule has 0 saturated heterocycles. The number of hydrogen-bond acceptors (Lipinski definition) is 2. The van der Waals surface area contributed by atoms with Crippen LogP contribution in [0.5, 0.6) is 0 Å². The summed E-state index contributed by atoms with van der Waals surface area (Å²) in [6.07, 6.45) is 2.28. The van der Waals surface area contributed by atoms with Gasteiger partial charge in [0.05, 0.1) is 0 Å². The molecule has 1 aromatic carbocycles. The van der Waals surface area contributed by atoms with E-state index in [1.807, 2.05) is 0 Å². The molecule has 0 aliphatic carbocycles. The number of rotatable bonds is 4.